The minimum atomic E-state index is -1.18. The van der Waals surface area contributed by atoms with Crippen molar-refractivity contribution in [1.82, 2.24) is 4.98 Å². The lowest BCUT2D eigenvalue weighted by molar-refractivity contribution is -0.128. The quantitative estimate of drug-likeness (QED) is 0.420. The van der Waals surface area contributed by atoms with Crippen LogP contribution in [0.25, 0.3) is 0 Å². The van der Waals surface area contributed by atoms with Crippen LogP contribution in [0.5, 0.6) is 5.75 Å². The van der Waals surface area contributed by atoms with Crippen molar-refractivity contribution in [2.45, 2.75) is 19.4 Å². The van der Waals surface area contributed by atoms with Crippen LogP contribution < -0.4 is 10.1 Å². The molecule has 0 aliphatic heterocycles. The van der Waals surface area contributed by atoms with E-state index in [1.807, 2.05) is 0 Å². The molecule has 0 aliphatic rings. The fourth-order valence-electron chi connectivity index (χ4n) is 2.54. The van der Waals surface area contributed by atoms with Gasteiger partial charge in [-0.25, -0.2) is 4.98 Å². The molecule has 0 saturated heterocycles. The molecule has 0 spiro atoms. The number of hydrogen-bond donors (Lipinski definition) is 1. The van der Waals surface area contributed by atoms with Gasteiger partial charge in [0.05, 0.1) is 5.69 Å². The first kappa shape index (κ1) is 20.8. The maximum Gasteiger partial charge on any atom is 0.268 e. The number of halogens is 2. The summed E-state index contributed by atoms with van der Waals surface area (Å²) in [6.07, 6.45) is 1.53. The van der Waals surface area contributed by atoms with Gasteiger partial charge in [0, 0.05) is 22.3 Å². The van der Waals surface area contributed by atoms with Crippen LogP contribution in [0.2, 0.25) is 10.2 Å². The van der Waals surface area contributed by atoms with Gasteiger partial charge in [0.1, 0.15) is 5.75 Å². The highest BCUT2D eigenvalue weighted by atomic mass is 35.5. The summed E-state index contributed by atoms with van der Waals surface area (Å²) in [6.45, 7) is 3.28. The highest BCUT2D eigenvalue weighted by Gasteiger charge is 2.30. The van der Waals surface area contributed by atoms with E-state index in [-0.39, 0.29) is 16.8 Å². The first-order valence-corrected chi connectivity index (χ1v) is 9.53. The number of aromatic nitrogens is 1. The Labute approximate surface area is 178 Å². The Morgan fingerprint density at radius 3 is 2.10 bits per heavy atom. The maximum atomic E-state index is 12.6. The summed E-state index contributed by atoms with van der Waals surface area (Å²) in [5, 5.41) is 3.47. The molecule has 1 heterocycles. The van der Waals surface area contributed by atoms with E-state index in [1.54, 1.807) is 74.5 Å². The summed E-state index contributed by atoms with van der Waals surface area (Å²) < 4.78 is 5.83. The van der Waals surface area contributed by atoms with Crippen LogP contribution in [0.4, 0.5) is 5.69 Å². The van der Waals surface area contributed by atoms with Crippen molar-refractivity contribution in [3.8, 4) is 5.75 Å². The number of amides is 1. The molecule has 148 valence electrons. The Balaban J connectivity index is 1.69. The summed E-state index contributed by atoms with van der Waals surface area (Å²) in [4.78, 5) is 29.0. The van der Waals surface area contributed by atoms with Gasteiger partial charge in [0.2, 0.25) is 0 Å². The average molecular weight is 429 g/mol. The molecule has 3 rings (SSSR count). The van der Waals surface area contributed by atoms with E-state index in [0.717, 1.165) is 0 Å². The summed E-state index contributed by atoms with van der Waals surface area (Å²) in [6, 6.07) is 16.6. The van der Waals surface area contributed by atoms with Crippen LogP contribution >= 0.6 is 23.2 Å². The topological polar surface area (TPSA) is 68.3 Å². The smallest absolute Gasteiger partial charge is 0.268 e. The fraction of sp³-hybridized carbons (Fsp3) is 0.136. The molecule has 3 aromatic rings. The van der Waals surface area contributed by atoms with Crippen molar-refractivity contribution >= 4 is 40.6 Å². The van der Waals surface area contributed by atoms with Gasteiger partial charge in [-0.3, -0.25) is 9.59 Å². The second-order valence-corrected chi connectivity index (χ2v) is 7.56. The molecule has 0 saturated carbocycles. The van der Waals surface area contributed by atoms with E-state index < -0.39 is 5.60 Å². The molecule has 0 radical (unpaired) electrons. The maximum absolute atomic E-state index is 12.6. The highest BCUT2D eigenvalue weighted by Crippen LogP contribution is 2.24. The fourth-order valence-corrected chi connectivity index (χ4v) is 2.83. The number of nitrogens with one attached hydrogen (secondary N) is 1. The number of nitrogens with zero attached hydrogens (tertiary/aromatic N) is 1. The van der Waals surface area contributed by atoms with Gasteiger partial charge < -0.3 is 10.1 Å². The predicted octanol–water partition coefficient (Wildman–Crippen LogP) is 5.42. The SMILES string of the molecule is CC(C)(Oc1ccc(C(=O)c2ccc(Cl)cc2)cc1)C(=O)Nc1cccnc1Cl. The molecular weight excluding hydrogens is 411 g/mol. The van der Waals surface area contributed by atoms with Gasteiger partial charge in [-0.05, 0) is 74.5 Å². The molecule has 1 N–H and O–H groups in total. The Morgan fingerprint density at radius 2 is 1.52 bits per heavy atom. The molecule has 0 bridgehead atoms. The van der Waals surface area contributed by atoms with Crippen LogP contribution in [-0.4, -0.2) is 22.3 Å². The zero-order valence-corrected chi connectivity index (χ0v) is 17.3. The molecule has 1 aromatic heterocycles. The standard InChI is InChI=1S/C22H18Cl2N2O3/c1-22(2,21(28)26-18-4-3-13-25-20(18)24)29-17-11-7-15(8-12-17)19(27)14-5-9-16(23)10-6-14/h3-13H,1-2H3,(H,26,28). The van der Waals surface area contributed by atoms with E-state index in [1.165, 1.54) is 6.20 Å². The van der Waals surface area contributed by atoms with Crippen molar-refractivity contribution in [1.29, 1.82) is 0 Å². The van der Waals surface area contributed by atoms with Crippen LogP contribution in [-0.2, 0) is 4.79 Å². The van der Waals surface area contributed by atoms with Crippen molar-refractivity contribution < 1.29 is 14.3 Å². The number of anilines is 1. The van der Waals surface area contributed by atoms with Crippen LogP contribution in [0, 0.1) is 0 Å². The predicted molar refractivity (Wildman–Crippen MR) is 114 cm³/mol. The first-order chi connectivity index (χ1) is 13.8. The third-order valence-corrected chi connectivity index (χ3v) is 4.70. The molecule has 0 fully saturated rings. The lowest BCUT2D eigenvalue weighted by atomic mass is 10.0. The number of benzene rings is 2. The van der Waals surface area contributed by atoms with Gasteiger partial charge in [-0.2, -0.15) is 0 Å². The Hall–Kier alpha value is -2.89. The van der Waals surface area contributed by atoms with E-state index >= 15 is 0 Å². The van der Waals surface area contributed by atoms with Crippen LogP contribution in [0.3, 0.4) is 0 Å². The molecular formula is C22H18Cl2N2O3. The van der Waals surface area contributed by atoms with Crippen molar-refractivity contribution in [2.24, 2.45) is 0 Å². The third kappa shape index (κ3) is 5.13. The Bertz CT molecular complexity index is 1030. The summed E-state index contributed by atoms with van der Waals surface area (Å²) in [5.41, 5.74) is 0.265. The number of carbonyl (C=O) groups excluding carboxylic acids is 2. The van der Waals surface area contributed by atoms with Crippen LogP contribution in [0.15, 0.2) is 66.9 Å². The lowest BCUT2D eigenvalue weighted by Crippen LogP contribution is -2.42. The molecule has 5 nitrogen and oxygen atoms in total. The Morgan fingerprint density at radius 1 is 0.931 bits per heavy atom. The molecule has 7 heteroatoms. The van der Waals surface area contributed by atoms with E-state index in [4.69, 9.17) is 27.9 Å². The summed E-state index contributed by atoms with van der Waals surface area (Å²) in [7, 11) is 0. The molecule has 0 aliphatic carbocycles. The van der Waals surface area contributed by atoms with Crippen molar-refractivity contribution in [3.63, 3.8) is 0 Å². The monoisotopic (exact) mass is 428 g/mol. The highest BCUT2D eigenvalue weighted by molar-refractivity contribution is 6.32. The third-order valence-electron chi connectivity index (χ3n) is 4.15. The second kappa shape index (κ2) is 8.64. The van der Waals surface area contributed by atoms with Gasteiger partial charge >= 0.3 is 0 Å². The summed E-state index contributed by atoms with van der Waals surface area (Å²) >= 11 is 11.8. The minimum absolute atomic E-state index is 0.128. The zero-order chi connectivity index (χ0) is 21.0. The van der Waals surface area contributed by atoms with Gasteiger partial charge in [0.15, 0.2) is 16.5 Å². The molecule has 2 aromatic carbocycles. The van der Waals surface area contributed by atoms with Crippen LogP contribution in [0.1, 0.15) is 29.8 Å². The largest absolute Gasteiger partial charge is 0.478 e. The zero-order valence-electron chi connectivity index (χ0n) is 15.8. The lowest BCUT2D eigenvalue weighted by Gasteiger charge is -2.25. The number of carbonyl (C=O) groups is 2. The normalized spacial score (nSPS) is 11.0. The molecule has 0 atom stereocenters. The van der Waals surface area contributed by atoms with Crippen molar-refractivity contribution in [3.05, 3.63) is 88.2 Å². The van der Waals surface area contributed by atoms with Gasteiger partial charge in [-0.1, -0.05) is 23.2 Å². The molecule has 29 heavy (non-hydrogen) atoms. The van der Waals surface area contributed by atoms with E-state index in [0.29, 0.717) is 27.6 Å². The van der Waals surface area contributed by atoms with E-state index in [2.05, 4.69) is 10.3 Å². The molecule has 0 unspecified atom stereocenters. The number of pyridine rings is 1. The number of ether oxygens (including phenoxy) is 1. The van der Waals surface area contributed by atoms with Gasteiger partial charge in [-0.15, -0.1) is 0 Å². The number of ketones is 1. The second-order valence-electron chi connectivity index (χ2n) is 6.77. The Kier molecular flexibility index (Phi) is 6.20. The number of rotatable bonds is 6. The van der Waals surface area contributed by atoms with E-state index in [9.17, 15) is 9.59 Å². The summed E-state index contributed by atoms with van der Waals surface area (Å²) in [5.74, 6) is -0.0553. The van der Waals surface area contributed by atoms with Crippen molar-refractivity contribution in [2.75, 3.05) is 5.32 Å². The number of hydrogen-bond acceptors (Lipinski definition) is 4. The van der Waals surface area contributed by atoms with Gasteiger partial charge in [0.25, 0.3) is 5.91 Å². The molecule has 1 amide bonds. The minimum Gasteiger partial charge on any atom is -0.478 e. The average Bonchev–Trinajstić information content (AvgIpc) is 2.70. The first-order valence-electron chi connectivity index (χ1n) is 8.77.